The summed E-state index contributed by atoms with van der Waals surface area (Å²) in [7, 11) is 1.50. The van der Waals surface area contributed by atoms with E-state index < -0.39 is 5.91 Å². The lowest BCUT2D eigenvalue weighted by Crippen LogP contribution is -2.34. The van der Waals surface area contributed by atoms with Crippen molar-refractivity contribution in [2.24, 2.45) is 0 Å². The number of aromatic nitrogens is 2. The van der Waals surface area contributed by atoms with Crippen LogP contribution in [-0.2, 0) is 5.41 Å². The van der Waals surface area contributed by atoms with Crippen molar-refractivity contribution in [2.75, 3.05) is 20.2 Å². The molecule has 1 aromatic heterocycles. The number of methoxy groups -OCH3 is 1. The Morgan fingerprint density at radius 2 is 1.61 bits per heavy atom. The Kier molecular flexibility index (Phi) is 6.69. The smallest absolute Gasteiger partial charge is 0.316 e. The molecule has 3 aromatic rings. The van der Waals surface area contributed by atoms with Gasteiger partial charge in [0.2, 0.25) is 5.82 Å². The van der Waals surface area contributed by atoms with Crippen molar-refractivity contribution in [3.05, 3.63) is 65.5 Å². The van der Waals surface area contributed by atoms with Crippen LogP contribution in [0.1, 0.15) is 47.4 Å². The van der Waals surface area contributed by atoms with Crippen LogP contribution in [0.25, 0.3) is 11.4 Å². The van der Waals surface area contributed by atoms with E-state index in [9.17, 15) is 9.59 Å². The standard InChI is InChI=1S/C23H26N4O4/c1-23(2,3)16-11-9-15(10-12-16)19-26-22(31-27-19)21(29)25-14-13-24-20(28)17-7-5-6-8-18(17)30-4/h5-12H,13-14H2,1-4H3,(H,24,28)(H,25,29). The molecule has 0 radical (unpaired) electrons. The van der Waals surface area contributed by atoms with E-state index in [1.807, 2.05) is 24.3 Å². The third kappa shape index (κ3) is 5.48. The fourth-order valence-electron chi connectivity index (χ4n) is 2.91. The van der Waals surface area contributed by atoms with Gasteiger partial charge in [-0.3, -0.25) is 9.59 Å². The van der Waals surface area contributed by atoms with Gasteiger partial charge in [0.05, 0.1) is 12.7 Å². The minimum absolute atomic E-state index is 0.0435. The third-order valence-electron chi connectivity index (χ3n) is 4.68. The molecular weight excluding hydrogens is 396 g/mol. The number of carbonyl (C=O) groups is 2. The molecule has 0 aliphatic carbocycles. The molecule has 162 valence electrons. The maximum absolute atomic E-state index is 12.2. The maximum Gasteiger partial charge on any atom is 0.316 e. The van der Waals surface area contributed by atoms with Crippen LogP contribution in [0.2, 0.25) is 0 Å². The van der Waals surface area contributed by atoms with Gasteiger partial charge in [-0.05, 0) is 23.1 Å². The zero-order valence-corrected chi connectivity index (χ0v) is 18.1. The van der Waals surface area contributed by atoms with E-state index in [0.29, 0.717) is 17.1 Å². The van der Waals surface area contributed by atoms with E-state index in [2.05, 4.69) is 41.5 Å². The van der Waals surface area contributed by atoms with Crippen LogP contribution >= 0.6 is 0 Å². The second-order valence-electron chi connectivity index (χ2n) is 7.96. The topological polar surface area (TPSA) is 106 Å². The number of nitrogens with zero attached hydrogens (tertiary/aromatic N) is 2. The highest BCUT2D eigenvalue weighted by molar-refractivity contribution is 5.97. The fraction of sp³-hybridized carbons (Fsp3) is 0.304. The number of para-hydroxylation sites is 1. The number of hydrogen-bond donors (Lipinski definition) is 2. The van der Waals surface area contributed by atoms with Crippen molar-refractivity contribution in [1.82, 2.24) is 20.8 Å². The Balaban J connectivity index is 1.52. The van der Waals surface area contributed by atoms with Crippen molar-refractivity contribution in [3.63, 3.8) is 0 Å². The molecular formula is C23H26N4O4. The number of amides is 2. The molecule has 2 N–H and O–H groups in total. The highest BCUT2D eigenvalue weighted by Gasteiger charge is 2.18. The van der Waals surface area contributed by atoms with Crippen LogP contribution in [0.15, 0.2) is 53.1 Å². The largest absolute Gasteiger partial charge is 0.496 e. The molecule has 0 bridgehead atoms. The van der Waals surface area contributed by atoms with Gasteiger partial charge < -0.3 is 19.9 Å². The highest BCUT2D eigenvalue weighted by atomic mass is 16.5. The summed E-state index contributed by atoms with van der Waals surface area (Å²) >= 11 is 0. The first-order valence-corrected chi connectivity index (χ1v) is 9.93. The Hall–Kier alpha value is -3.68. The van der Waals surface area contributed by atoms with Gasteiger partial charge in [-0.2, -0.15) is 4.98 Å². The molecule has 8 nitrogen and oxygen atoms in total. The quantitative estimate of drug-likeness (QED) is 0.567. The van der Waals surface area contributed by atoms with Gasteiger partial charge in [0.25, 0.3) is 5.91 Å². The third-order valence-corrected chi connectivity index (χ3v) is 4.68. The number of ether oxygens (including phenoxy) is 1. The van der Waals surface area contributed by atoms with Gasteiger partial charge in [0.15, 0.2) is 0 Å². The summed E-state index contributed by atoms with van der Waals surface area (Å²) in [4.78, 5) is 28.7. The first-order chi connectivity index (χ1) is 14.8. The molecule has 0 saturated carbocycles. The number of rotatable bonds is 7. The second-order valence-corrected chi connectivity index (χ2v) is 7.96. The molecule has 0 spiro atoms. The van der Waals surface area contributed by atoms with Crippen LogP contribution in [0, 0.1) is 0 Å². The van der Waals surface area contributed by atoms with Gasteiger partial charge >= 0.3 is 11.8 Å². The average Bonchev–Trinajstić information content (AvgIpc) is 3.26. The summed E-state index contributed by atoms with van der Waals surface area (Å²) in [5.41, 5.74) is 2.42. The van der Waals surface area contributed by atoms with E-state index >= 15 is 0 Å². The van der Waals surface area contributed by atoms with E-state index in [4.69, 9.17) is 9.26 Å². The van der Waals surface area contributed by atoms with Crippen molar-refractivity contribution >= 4 is 11.8 Å². The van der Waals surface area contributed by atoms with Crippen molar-refractivity contribution in [3.8, 4) is 17.1 Å². The van der Waals surface area contributed by atoms with Gasteiger partial charge in [-0.15, -0.1) is 0 Å². The molecule has 1 heterocycles. The Morgan fingerprint density at radius 3 is 2.26 bits per heavy atom. The summed E-state index contributed by atoms with van der Waals surface area (Å²) < 4.78 is 10.3. The molecule has 0 saturated heterocycles. The molecule has 31 heavy (non-hydrogen) atoms. The number of benzene rings is 2. The Labute approximate surface area is 181 Å². The SMILES string of the molecule is COc1ccccc1C(=O)NCCNC(=O)c1nc(-c2ccc(C(C)(C)C)cc2)no1. The molecule has 8 heteroatoms. The van der Waals surface area contributed by atoms with Crippen LogP contribution in [0.3, 0.4) is 0 Å². The number of carbonyl (C=O) groups excluding carboxylic acids is 2. The van der Waals surface area contributed by atoms with Gasteiger partial charge in [0.1, 0.15) is 5.75 Å². The molecule has 2 aromatic carbocycles. The van der Waals surface area contributed by atoms with Crippen molar-refractivity contribution in [2.45, 2.75) is 26.2 Å². The van der Waals surface area contributed by atoms with E-state index in [1.54, 1.807) is 24.3 Å². The molecule has 0 aliphatic heterocycles. The molecule has 0 unspecified atom stereocenters. The van der Waals surface area contributed by atoms with Crippen LogP contribution in [-0.4, -0.2) is 42.2 Å². The lowest BCUT2D eigenvalue weighted by molar-refractivity contribution is 0.0897. The summed E-state index contributed by atoms with van der Waals surface area (Å²) in [5, 5.41) is 9.26. The minimum Gasteiger partial charge on any atom is -0.496 e. The minimum atomic E-state index is -0.503. The molecule has 3 rings (SSSR count). The maximum atomic E-state index is 12.2. The van der Waals surface area contributed by atoms with Crippen molar-refractivity contribution < 1.29 is 18.8 Å². The van der Waals surface area contributed by atoms with Crippen LogP contribution in [0.5, 0.6) is 5.75 Å². The average molecular weight is 422 g/mol. The molecule has 2 amide bonds. The Bertz CT molecular complexity index is 1050. The fourth-order valence-corrected chi connectivity index (χ4v) is 2.91. The zero-order valence-electron chi connectivity index (χ0n) is 18.1. The van der Waals surface area contributed by atoms with E-state index in [0.717, 1.165) is 5.56 Å². The predicted octanol–water partition coefficient (Wildman–Crippen LogP) is 3.20. The lowest BCUT2D eigenvalue weighted by Gasteiger charge is -2.18. The monoisotopic (exact) mass is 422 g/mol. The molecule has 0 atom stereocenters. The summed E-state index contributed by atoms with van der Waals surface area (Å²) in [6.45, 7) is 6.85. The lowest BCUT2D eigenvalue weighted by atomic mass is 9.87. The predicted molar refractivity (Wildman–Crippen MR) is 116 cm³/mol. The van der Waals surface area contributed by atoms with Gasteiger partial charge in [0, 0.05) is 18.7 Å². The van der Waals surface area contributed by atoms with E-state index in [1.165, 1.54) is 12.7 Å². The normalized spacial score (nSPS) is 11.1. The van der Waals surface area contributed by atoms with Gasteiger partial charge in [-0.1, -0.05) is 62.3 Å². The second kappa shape index (κ2) is 9.42. The zero-order chi connectivity index (χ0) is 22.4. The first kappa shape index (κ1) is 22.0. The molecule has 0 aliphatic rings. The molecule has 0 fully saturated rings. The van der Waals surface area contributed by atoms with Crippen LogP contribution in [0.4, 0.5) is 0 Å². The Morgan fingerprint density at radius 1 is 0.968 bits per heavy atom. The first-order valence-electron chi connectivity index (χ1n) is 9.93. The number of hydrogen-bond acceptors (Lipinski definition) is 6. The summed E-state index contributed by atoms with van der Waals surface area (Å²) in [6, 6.07) is 14.7. The van der Waals surface area contributed by atoms with Gasteiger partial charge in [-0.25, -0.2) is 0 Å². The summed E-state index contributed by atoms with van der Waals surface area (Å²) in [5.74, 6) is -0.0962. The van der Waals surface area contributed by atoms with E-state index in [-0.39, 0.29) is 30.3 Å². The highest BCUT2D eigenvalue weighted by Crippen LogP contribution is 2.25. The number of nitrogens with one attached hydrogen (secondary N) is 2. The summed E-state index contributed by atoms with van der Waals surface area (Å²) in [6.07, 6.45) is 0. The van der Waals surface area contributed by atoms with Crippen molar-refractivity contribution in [1.29, 1.82) is 0 Å². The van der Waals surface area contributed by atoms with Crippen LogP contribution < -0.4 is 15.4 Å².